The topological polar surface area (TPSA) is 68.4 Å². The fraction of sp³-hybridized carbons (Fsp3) is 0.545. The number of nitrogens with two attached hydrogens (primary N) is 1. The first-order valence-corrected chi connectivity index (χ1v) is 5.58. The molecule has 1 aromatic rings. The highest BCUT2D eigenvalue weighted by Gasteiger charge is 2.47. The van der Waals surface area contributed by atoms with Crippen molar-refractivity contribution in [3.05, 3.63) is 22.8 Å². The lowest BCUT2D eigenvalue weighted by Gasteiger charge is -2.45. The van der Waals surface area contributed by atoms with Gasteiger partial charge in [-0.15, -0.1) is 0 Å². The van der Waals surface area contributed by atoms with E-state index in [1.165, 1.54) is 0 Å². The molecule has 2 rings (SSSR count). The van der Waals surface area contributed by atoms with Crippen molar-refractivity contribution < 1.29 is 9.84 Å². The van der Waals surface area contributed by atoms with E-state index in [1.807, 2.05) is 0 Å². The van der Waals surface area contributed by atoms with Crippen LogP contribution in [-0.4, -0.2) is 29.8 Å². The molecule has 0 spiro atoms. The molecular weight excluding hydrogens is 228 g/mol. The molecule has 0 saturated heterocycles. The van der Waals surface area contributed by atoms with Gasteiger partial charge in [-0.2, -0.15) is 0 Å². The standard InChI is InChI=1S/C11H15ClN2O2/c1-16-10-9(8(12)2-3-14-10)11(6-13)4-7(15)5-11/h2-3,7,15H,4-6,13H2,1H3. The van der Waals surface area contributed by atoms with E-state index in [2.05, 4.69) is 4.98 Å². The van der Waals surface area contributed by atoms with Crippen molar-refractivity contribution in [1.82, 2.24) is 4.98 Å². The molecule has 1 aliphatic rings. The van der Waals surface area contributed by atoms with Crippen LogP contribution in [0.1, 0.15) is 18.4 Å². The normalized spacial score (nSPS) is 28.6. The van der Waals surface area contributed by atoms with Crippen LogP contribution in [0.15, 0.2) is 12.3 Å². The molecule has 0 amide bonds. The average molecular weight is 243 g/mol. The van der Waals surface area contributed by atoms with Gasteiger partial charge >= 0.3 is 0 Å². The van der Waals surface area contributed by atoms with Gasteiger partial charge in [-0.3, -0.25) is 0 Å². The summed E-state index contributed by atoms with van der Waals surface area (Å²) in [6.45, 7) is 0.436. The Labute approximate surface area is 99.4 Å². The van der Waals surface area contributed by atoms with E-state index in [1.54, 1.807) is 19.4 Å². The summed E-state index contributed by atoms with van der Waals surface area (Å²) in [6, 6.07) is 1.72. The summed E-state index contributed by atoms with van der Waals surface area (Å²) in [6.07, 6.45) is 2.53. The first-order valence-electron chi connectivity index (χ1n) is 5.20. The Morgan fingerprint density at radius 2 is 2.38 bits per heavy atom. The molecule has 0 atom stereocenters. The molecule has 0 unspecified atom stereocenters. The number of nitrogens with zero attached hydrogens (tertiary/aromatic N) is 1. The fourth-order valence-corrected chi connectivity index (χ4v) is 2.71. The molecule has 1 heterocycles. The second-order valence-electron chi connectivity index (χ2n) is 4.22. The van der Waals surface area contributed by atoms with Crippen LogP contribution in [0.2, 0.25) is 5.02 Å². The second kappa shape index (κ2) is 4.20. The average Bonchev–Trinajstić information content (AvgIpc) is 2.24. The van der Waals surface area contributed by atoms with Crippen molar-refractivity contribution in [2.24, 2.45) is 5.73 Å². The van der Waals surface area contributed by atoms with E-state index >= 15 is 0 Å². The zero-order valence-electron chi connectivity index (χ0n) is 9.11. The molecule has 3 N–H and O–H groups in total. The number of aromatic nitrogens is 1. The zero-order chi connectivity index (χ0) is 11.8. The number of hydrogen-bond donors (Lipinski definition) is 2. The maximum atomic E-state index is 9.47. The highest BCUT2D eigenvalue weighted by Crippen LogP contribution is 2.48. The lowest BCUT2D eigenvalue weighted by Crippen LogP contribution is -2.50. The minimum Gasteiger partial charge on any atom is -0.481 e. The third kappa shape index (κ3) is 1.67. The lowest BCUT2D eigenvalue weighted by atomic mass is 9.63. The van der Waals surface area contributed by atoms with E-state index in [-0.39, 0.29) is 11.5 Å². The minimum atomic E-state index is -0.301. The van der Waals surface area contributed by atoms with Crippen LogP contribution in [0.25, 0.3) is 0 Å². The van der Waals surface area contributed by atoms with Gasteiger partial charge < -0.3 is 15.6 Å². The maximum Gasteiger partial charge on any atom is 0.218 e. The van der Waals surface area contributed by atoms with Gasteiger partial charge in [-0.05, 0) is 18.9 Å². The van der Waals surface area contributed by atoms with Gasteiger partial charge in [0, 0.05) is 23.7 Å². The fourth-order valence-electron chi connectivity index (χ4n) is 2.37. The molecule has 5 heteroatoms. The van der Waals surface area contributed by atoms with Crippen LogP contribution in [0.5, 0.6) is 5.88 Å². The number of pyridine rings is 1. The Bertz CT molecular complexity index is 392. The molecule has 1 fully saturated rings. The number of methoxy groups -OCH3 is 1. The van der Waals surface area contributed by atoms with Crippen LogP contribution in [0.3, 0.4) is 0 Å². The molecule has 0 radical (unpaired) electrons. The first-order chi connectivity index (χ1) is 7.63. The number of aliphatic hydroxyl groups excluding tert-OH is 1. The molecule has 0 aliphatic heterocycles. The molecule has 1 aliphatic carbocycles. The van der Waals surface area contributed by atoms with Gasteiger partial charge in [-0.1, -0.05) is 11.6 Å². The summed E-state index contributed by atoms with van der Waals surface area (Å²) in [4.78, 5) is 4.14. The van der Waals surface area contributed by atoms with E-state index in [0.29, 0.717) is 30.3 Å². The third-order valence-electron chi connectivity index (χ3n) is 3.23. The van der Waals surface area contributed by atoms with Crippen molar-refractivity contribution in [1.29, 1.82) is 0 Å². The van der Waals surface area contributed by atoms with Crippen molar-refractivity contribution >= 4 is 11.6 Å². The van der Waals surface area contributed by atoms with E-state index in [0.717, 1.165) is 5.56 Å². The summed E-state index contributed by atoms with van der Waals surface area (Å²) in [5.74, 6) is 0.504. The van der Waals surface area contributed by atoms with Gasteiger partial charge in [0.2, 0.25) is 5.88 Å². The highest BCUT2D eigenvalue weighted by molar-refractivity contribution is 6.31. The number of hydrogen-bond acceptors (Lipinski definition) is 4. The first kappa shape index (κ1) is 11.6. The smallest absolute Gasteiger partial charge is 0.218 e. The van der Waals surface area contributed by atoms with E-state index in [9.17, 15) is 5.11 Å². The Morgan fingerprint density at radius 3 is 2.88 bits per heavy atom. The molecule has 16 heavy (non-hydrogen) atoms. The van der Waals surface area contributed by atoms with Gasteiger partial charge in [0.1, 0.15) is 0 Å². The molecule has 1 aromatic heterocycles. The summed E-state index contributed by atoms with van der Waals surface area (Å²) in [5.41, 5.74) is 6.35. The van der Waals surface area contributed by atoms with Gasteiger partial charge in [0.15, 0.2) is 0 Å². The van der Waals surface area contributed by atoms with Gasteiger partial charge in [0.25, 0.3) is 0 Å². The summed E-state index contributed by atoms with van der Waals surface area (Å²) >= 11 is 6.17. The summed E-state index contributed by atoms with van der Waals surface area (Å²) in [7, 11) is 1.56. The number of halogens is 1. The number of ether oxygens (including phenoxy) is 1. The van der Waals surface area contributed by atoms with Gasteiger partial charge in [0.05, 0.1) is 18.2 Å². The van der Waals surface area contributed by atoms with E-state index < -0.39 is 0 Å². The van der Waals surface area contributed by atoms with Crippen LogP contribution in [-0.2, 0) is 5.41 Å². The van der Waals surface area contributed by atoms with Crippen LogP contribution in [0.4, 0.5) is 0 Å². The molecule has 1 saturated carbocycles. The minimum absolute atomic E-state index is 0.282. The summed E-state index contributed by atoms with van der Waals surface area (Å²) in [5, 5.41) is 10.1. The monoisotopic (exact) mass is 242 g/mol. The van der Waals surface area contributed by atoms with Crippen LogP contribution < -0.4 is 10.5 Å². The molecule has 4 nitrogen and oxygen atoms in total. The van der Waals surface area contributed by atoms with Crippen molar-refractivity contribution in [3.8, 4) is 5.88 Å². The van der Waals surface area contributed by atoms with Crippen LogP contribution >= 0.6 is 11.6 Å². The van der Waals surface area contributed by atoms with Crippen molar-refractivity contribution in [2.75, 3.05) is 13.7 Å². The second-order valence-corrected chi connectivity index (χ2v) is 4.63. The third-order valence-corrected chi connectivity index (χ3v) is 3.55. The number of rotatable bonds is 3. The quantitative estimate of drug-likeness (QED) is 0.833. The van der Waals surface area contributed by atoms with Gasteiger partial charge in [-0.25, -0.2) is 4.98 Å². The van der Waals surface area contributed by atoms with Crippen LogP contribution in [0, 0.1) is 0 Å². The number of aliphatic hydroxyl groups is 1. The predicted octanol–water partition coefficient (Wildman–Crippen LogP) is 1.09. The van der Waals surface area contributed by atoms with E-state index in [4.69, 9.17) is 22.1 Å². The Balaban J connectivity index is 2.46. The molecule has 88 valence electrons. The molecular formula is C11H15ClN2O2. The largest absolute Gasteiger partial charge is 0.481 e. The Morgan fingerprint density at radius 1 is 1.69 bits per heavy atom. The zero-order valence-corrected chi connectivity index (χ0v) is 9.87. The molecule has 0 aromatic carbocycles. The van der Waals surface area contributed by atoms with Crippen molar-refractivity contribution in [2.45, 2.75) is 24.4 Å². The summed E-state index contributed by atoms with van der Waals surface area (Å²) < 4.78 is 5.21. The lowest BCUT2D eigenvalue weighted by molar-refractivity contribution is 0.0208. The van der Waals surface area contributed by atoms with Crippen molar-refractivity contribution in [3.63, 3.8) is 0 Å². The Kier molecular flexibility index (Phi) is 3.06. The highest BCUT2D eigenvalue weighted by atomic mass is 35.5. The SMILES string of the molecule is COc1nccc(Cl)c1C1(CN)CC(O)C1. The predicted molar refractivity (Wildman–Crippen MR) is 61.8 cm³/mol. The molecule has 0 bridgehead atoms. The maximum absolute atomic E-state index is 9.47. The Hall–Kier alpha value is -0.840.